The summed E-state index contributed by atoms with van der Waals surface area (Å²) >= 11 is 3.19. The zero-order chi connectivity index (χ0) is 29.9. The van der Waals surface area contributed by atoms with Crippen molar-refractivity contribution < 1.29 is 9.59 Å². The highest BCUT2D eigenvalue weighted by molar-refractivity contribution is 7.13. The van der Waals surface area contributed by atoms with E-state index in [0.29, 0.717) is 24.2 Å². The summed E-state index contributed by atoms with van der Waals surface area (Å²) in [6, 6.07) is 35.0. The maximum absolute atomic E-state index is 13.4. The zero-order valence-corrected chi connectivity index (χ0v) is 25.1. The number of pyridine rings is 2. The van der Waals surface area contributed by atoms with Gasteiger partial charge in [-0.15, -0.1) is 22.7 Å². The minimum absolute atomic E-state index is 0.161. The Hall–Kier alpha value is -5.18. The van der Waals surface area contributed by atoms with E-state index in [-0.39, 0.29) is 11.8 Å². The quantitative estimate of drug-likeness (QED) is 0.182. The van der Waals surface area contributed by atoms with Crippen molar-refractivity contribution in [2.75, 3.05) is 0 Å². The molecule has 4 heterocycles. The highest BCUT2D eigenvalue weighted by atomic mass is 32.1. The molecule has 0 unspecified atom stereocenters. The summed E-state index contributed by atoms with van der Waals surface area (Å²) in [6.07, 6.45) is 0. The van der Waals surface area contributed by atoms with E-state index in [9.17, 15) is 9.59 Å². The lowest BCUT2D eigenvalue weighted by Crippen LogP contribution is -2.24. The van der Waals surface area contributed by atoms with Gasteiger partial charge in [0.2, 0.25) is 0 Å². The molecule has 0 atom stereocenters. The zero-order valence-electron chi connectivity index (χ0n) is 23.5. The third-order valence-corrected chi connectivity index (χ3v) is 9.15. The van der Waals surface area contributed by atoms with E-state index in [1.54, 1.807) is 22.7 Å². The topological polar surface area (TPSA) is 84.0 Å². The van der Waals surface area contributed by atoms with Crippen molar-refractivity contribution in [2.45, 2.75) is 13.1 Å². The van der Waals surface area contributed by atoms with E-state index < -0.39 is 0 Å². The number of aromatic nitrogens is 2. The molecule has 0 aliphatic rings. The van der Waals surface area contributed by atoms with Gasteiger partial charge in [0.05, 0.1) is 43.3 Å². The van der Waals surface area contributed by atoms with Crippen molar-refractivity contribution in [3.05, 3.63) is 142 Å². The number of amides is 2. The fourth-order valence-corrected chi connectivity index (χ4v) is 6.60. The molecular weight excluding hydrogens is 585 g/mol. The van der Waals surface area contributed by atoms with Crippen LogP contribution in [0.25, 0.3) is 42.9 Å². The summed E-state index contributed by atoms with van der Waals surface area (Å²) < 4.78 is 0. The first kappa shape index (κ1) is 27.6. The molecule has 7 aromatic rings. The van der Waals surface area contributed by atoms with Crippen molar-refractivity contribution in [3.8, 4) is 21.1 Å². The predicted molar refractivity (Wildman–Crippen MR) is 179 cm³/mol. The number of carbonyl (C=O) groups is 2. The van der Waals surface area contributed by atoms with Crippen molar-refractivity contribution in [1.82, 2.24) is 20.6 Å². The lowest BCUT2D eigenvalue weighted by molar-refractivity contribution is 0.0945. The highest BCUT2D eigenvalue weighted by Crippen LogP contribution is 2.29. The van der Waals surface area contributed by atoms with E-state index in [1.165, 1.54) is 0 Å². The van der Waals surface area contributed by atoms with Gasteiger partial charge < -0.3 is 10.6 Å². The molecule has 0 radical (unpaired) electrons. The smallest absolute Gasteiger partial charge is 0.252 e. The Labute approximate surface area is 262 Å². The molecule has 44 heavy (non-hydrogen) atoms. The average molecular weight is 611 g/mol. The summed E-state index contributed by atoms with van der Waals surface area (Å²) in [6.45, 7) is 0.704. The maximum Gasteiger partial charge on any atom is 0.252 e. The predicted octanol–water partition coefficient (Wildman–Crippen LogP) is 8.10. The molecule has 2 N–H and O–H groups in total. The second-order valence-electron chi connectivity index (χ2n) is 10.3. The fourth-order valence-electron chi connectivity index (χ4n) is 5.23. The van der Waals surface area contributed by atoms with Crippen molar-refractivity contribution in [1.29, 1.82) is 0 Å². The van der Waals surface area contributed by atoms with Crippen LogP contribution in [0.15, 0.2) is 120 Å². The Morgan fingerprint density at radius 2 is 1.02 bits per heavy atom. The number of hydrogen-bond donors (Lipinski definition) is 2. The fraction of sp³-hybridized carbons (Fsp3) is 0.0556. The molecular formula is C36H26N4O2S2. The van der Waals surface area contributed by atoms with E-state index >= 15 is 0 Å². The van der Waals surface area contributed by atoms with Gasteiger partial charge in [0.25, 0.3) is 11.8 Å². The monoisotopic (exact) mass is 610 g/mol. The van der Waals surface area contributed by atoms with Gasteiger partial charge in [-0.2, -0.15) is 0 Å². The normalized spacial score (nSPS) is 11.1. The van der Waals surface area contributed by atoms with Gasteiger partial charge in [-0.1, -0.05) is 72.8 Å². The van der Waals surface area contributed by atoms with Crippen molar-refractivity contribution in [3.63, 3.8) is 0 Å². The molecule has 0 spiro atoms. The van der Waals surface area contributed by atoms with E-state index in [2.05, 4.69) is 10.6 Å². The van der Waals surface area contributed by atoms with Crippen LogP contribution in [0.5, 0.6) is 0 Å². The number of hydrogen-bond acceptors (Lipinski definition) is 6. The Morgan fingerprint density at radius 3 is 1.48 bits per heavy atom. The summed E-state index contributed by atoms with van der Waals surface area (Å²) in [7, 11) is 0. The van der Waals surface area contributed by atoms with E-state index in [1.807, 2.05) is 120 Å². The molecule has 6 nitrogen and oxygen atoms in total. The Balaban J connectivity index is 1.06. The van der Waals surface area contributed by atoms with Crippen LogP contribution in [0, 0.1) is 0 Å². The third kappa shape index (κ3) is 5.73. The van der Waals surface area contributed by atoms with E-state index in [4.69, 9.17) is 9.97 Å². The van der Waals surface area contributed by atoms with Crippen LogP contribution in [0.2, 0.25) is 0 Å². The molecule has 3 aromatic carbocycles. The summed E-state index contributed by atoms with van der Waals surface area (Å²) in [5.41, 5.74) is 6.20. The molecule has 7 rings (SSSR count). The maximum atomic E-state index is 13.4. The van der Waals surface area contributed by atoms with Gasteiger partial charge in [-0.25, -0.2) is 9.97 Å². The second kappa shape index (κ2) is 12.2. The second-order valence-corrected chi connectivity index (χ2v) is 12.2. The van der Waals surface area contributed by atoms with Gasteiger partial charge in [-0.05, 0) is 58.3 Å². The molecule has 0 saturated heterocycles. The number of para-hydroxylation sites is 2. The molecule has 0 bridgehead atoms. The number of nitrogens with zero attached hydrogens (tertiary/aromatic N) is 2. The number of thiophene rings is 2. The highest BCUT2D eigenvalue weighted by Gasteiger charge is 2.16. The van der Waals surface area contributed by atoms with Gasteiger partial charge in [0.15, 0.2) is 0 Å². The molecule has 0 fully saturated rings. The van der Waals surface area contributed by atoms with Crippen LogP contribution in [-0.4, -0.2) is 21.8 Å². The Bertz CT molecular complexity index is 1970. The first-order valence-electron chi connectivity index (χ1n) is 14.1. The SMILES string of the molecule is O=C(NCc1cccc(CNC(=O)c2cc(-c3cccs3)nc3ccccc23)c1)c1cc(-c2cccs2)nc2ccccc12. The van der Waals surface area contributed by atoms with Gasteiger partial charge in [0.1, 0.15) is 0 Å². The van der Waals surface area contributed by atoms with Gasteiger partial charge in [-0.3, -0.25) is 9.59 Å². The van der Waals surface area contributed by atoms with Crippen LogP contribution in [0.1, 0.15) is 31.8 Å². The number of nitrogens with one attached hydrogen (secondary N) is 2. The Morgan fingerprint density at radius 1 is 0.545 bits per heavy atom. The minimum atomic E-state index is -0.161. The minimum Gasteiger partial charge on any atom is -0.348 e. The van der Waals surface area contributed by atoms with Crippen LogP contribution in [0.3, 0.4) is 0 Å². The number of benzene rings is 3. The molecule has 4 aromatic heterocycles. The number of rotatable bonds is 8. The van der Waals surface area contributed by atoms with Gasteiger partial charge >= 0.3 is 0 Å². The van der Waals surface area contributed by atoms with Crippen LogP contribution >= 0.6 is 22.7 Å². The number of carbonyl (C=O) groups excluding carboxylic acids is 2. The van der Waals surface area contributed by atoms with Crippen LogP contribution in [0.4, 0.5) is 0 Å². The molecule has 0 aliphatic carbocycles. The summed E-state index contributed by atoms with van der Waals surface area (Å²) in [5.74, 6) is -0.322. The average Bonchev–Trinajstić information content (AvgIpc) is 3.81. The molecule has 214 valence electrons. The summed E-state index contributed by atoms with van der Waals surface area (Å²) in [5, 5.41) is 11.8. The van der Waals surface area contributed by atoms with Crippen molar-refractivity contribution in [2.24, 2.45) is 0 Å². The molecule has 2 amide bonds. The van der Waals surface area contributed by atoms with Crippen LogP contribution < -0.4 is 10.6 Å². The van der Waals surface area contributed by atoms with Gasteiger partial charge in [0, 0.05) is 23.9 Å². The largest absolute Gasteiger partial charge is 0.348 e. The third-order valence-electron chi connectivity index (χ3n) is 7.37. The summed E-state index contributed by atoms with van der Waals surface area (Å²) in [4.78, 5) is 38.4. The van der Waals surface area contributed by atoms with Crippen LogP contribution in [-0.2, 0) is 13.1 Å². The molecule has 0 saturated carbocycles. The van der Waals surface area contributed by atoms with Crippen molar-refractivity contribution >= 4 is 56.3 Å². The first-order valence-corrected chi connectivity index (χ1v) is 15.9. The van der Waals surface area contributed by atoms with E-state index in [0.717, 1.165) is 54.1 Å². The first-order chi connectivity index (χ1) is 21.6. The molecule has 8 heteroatoms. The standard InChI is InChI=1S/C36H26N4O2S2/c41-35(27-19-31(33-14-6-16-43-33)39-29-12-3-1-10-25(27)29)37-21-23-8-5-9-24(18-23)22-38-36(42)28-20-32(34-15-7-17-44-34)40-30-13-4-2-11-26(28)30/h1-20H,21-22H2,(H,37,41)(H,38,42). The Kier molecular flexibility index (Phi) is 7.67. The lowest BCUT2D eigenvalue weighted by atomic mass is 10.1. The number of fused-ring (bicyclic) bond motifs is 2. The molecule has 0 aliphatic heterocycles. The lowest BCUT2D eigenvalue weighted by Gasteiger charge is -2.12.